The number of nitrogens with one attached hydrogen (secondary N) is 1. The molecule has 23 heavy (non-hydrogen) atoms. The zero-order valence-electron chi connectivity index (χ0n) is 13.6. The molecule has 1 N–H and O–H groups in total. The van der Waals surface area contributed by atoms with Crippen LogP contribution < -0.4 is 19.5 Å². The lowest BCUT2D eigenvalue weighted by Crippen LogP contribution is -2.12. The summed E-state index contributed by atoms with van der Waals surface area (Å²) in [7, 11) is 1.58. The van der Waals surface area contributed by atoms with Crippen LogP contribution in [0.15, 0.2) is 42.5 Å². The predicted molar refractivity (Wildman–Crippen MR) is 89.7 cm³/mol. The predicted octanol–water partition coefficient (Wildman–Crippen LogP) is 3.74. The summed E-state index contributed by atoms with van der Waals surface area (Å²) in [6.45, 7) is 4.83. The van der Waals surface area contributed by atoms with Gasteiger partial charge in [-0.2, -0.15) is 0 Å². The maximum Gasteiger partial charge on any atom is 0.255 e. The van der Waals surface area contributed by atoms with E-state index in [9.17, 15) is 4.79 Å². The highest BCUT2D eigenvalue weighted by molar-refractivity contribution is 6.04. The minimum absolute atomic E-state index is 0.235. The van der Waals surface area contributed by atoms with Crippen molar-refractivity contribution in [1.82, 2.24) is 0 Å². The molecule has 0 aliphatic heterocycles. The van der Waals surface area contributed by atoms with Crippen LogP contribution in [-0.4, -0.2) is 26.2 Å². The molecule has 0 unspecified atom stereocenters. The summed E-state index contributed by atoms with van der Waals surface area (Å²) >= 11 is 0. The first-order chi connectivity index (χ1) is 11.2. The summed E-state index contributed by atoms with van der Waals surface area (Å²) in [5, 5.41) is 2.84. The normalized spacial score (nSPS) is 10.0. The third kappa shape index (κ3) is 4.64. The molecule has 0 atom stereocenters. The Morgan fingerprint density at radius 3 is 2.17 bits per heavy atom. The second kappa shape index (κ2) is 8.08. The number of hydrogen-bond acceptors (Lipinski definition) is 4. The van der Waals surface area contributed by atoms with E-state index in [4.69, 9.17) is 14.2 Å². The van der Waals surface area contributed by atoms with E-state index in [1.165, 1.54) is 0 Å². The molecular weight excluding hydrogens is 294 g/mol. The number of amides is 1. The number of hydrogen-bond donors (Lipinski definition) is 1. The Balaban J connectivity index is 2.22. The van der Waals surface area contributed by atoms with Crippen LogP contribution >= 0.6 is 0 Å². The molecule has 0 heterocycles. The molecule has 0 spiro atoms. The first kappa shape index (κ1) is 16.7. The summed E-state index contributed by atoms with van der Waals surface area (Å²) in [5.41, 5.74) is 1.14. The summed E-state index contributed by atoms with van der Waals surface area (Å²) < 4.78 is 16.1. The SMILES string of the molecule is CCOc1cc(OCC)cc(C(=O)Nc2cccc(OC)c2)c1. The number of ether oxygens (including phenoxy) is 3. The fourth-order valence-electron chi connectivity index (χ4n) is 2.11. The van der Waals surface area contributed by atoms with Crippen LogP contribution in [0.3, 0.4) is 0 Å². The highest BCUT2D eigenvalue weighted by Crippen LogP contribution is 2.24. The lowest BCUT2D eigenvalue weighted by atomic mass is 10.1. The van der Waals surface area contributed by atoms with Crippen molar-refractivity contribution in [3.8, 4) is 17.2 Å². The third-order valence-corrected chi connectivity index (χ3v) is 3.09. The van der Waals surface area contributed by atoms with Gasteiger partial charge in [-0.15, -0.1) is 0 Å². The summed E-state index contributed by atoms with van der Waals surface area (Å²) in [4.78, 5) is 12.5. The van der Waals surface area contributed by atoms with Crippen molar-refractivity contribution in [3.05, 3.63) is 48.0 Å². The molecular formula is C18H21NO4. The van der Waals surface area contributed by atoms with Crippen LogP contribution in [0.2, 0.25) is 0 Å². The quantitative estimate of drug-likeness (QED) is 0.845. The molecule has 0 aliphatic rings. The van der Waals surface area contributed by atoms with Gasteiger partial charge in [0.2, 0.25) is 0 Å². The Bertz CT molecular complexity index is 646. The molecule has 2 rings (SSSR count). The van der Waals surface area contributed by atoms with Crippen molar-refractivity contribution in [3.63, 3.8) is 0 Å². The van der Waals surface area contributed by atoms with Crippen LogP contribution in [0.5, 0.6) is 17.2 Å². The van der Waals surface area contributed by atoms with Gasteiger partial charge in [0, 0.05) is 23.4 Å². The molecule has 0 bridgehead atoms. The van der Waals surface area contributed by atoms with Crippen molar-refractivity contribution < 1.29 is 19.0 Å². The number of carbonyl (C=O) groups is 1. The van der Waals surface area contributed by atoms with E-state index >= 15 is 0 Å². The van der Waals surface area contributed by atoms with Crippen molar-refractivity contribution in [2.45, 2.75) is 13.8 Å². The van der Waals surface area contributed by atoms with Gasteiger partial charge in [-0.1, -0.05) is 6.07 Å². The van der Waals surface area contributed by atoms with E-state index < -0.39 is 0 Å². The fraction of sp³-hybridized carbons (Fsp3) is 0.278. The average Bonchev–Trinajstić information content (AvgIpc) is 2.55. The summed E-state index contributed by atoms with van der Waals surface area (Å²) in [5.74, 6) is 1.66. The standard InChI is InChI=1S/C18H21NO4/c1-4-22-16-9-13(10-17(12-16)23-5-2)18(20)19-14-7-6-8-15(11-14)21-3/h6-12H,4-5H2,1-3H3,(H,19,20). The molecule has 5 nitrogen and oxygen atoms in total. The average molecular weight is 315 g/mol. The number of rotatable bonds is 7. The van der Waals surface area contributed by atoms with E-state index in [2.05, 4.69) is 5.32 Å². The summed E-state index contributed by atoms with van der Waals surface area (Å²) in [6.07, 6.45) is 0. The van der Waals surface area contributed by atoms with Crippen molar-refractivity contribution in [2.24, 2.45) is 0 Å². The number of methoxy groups -OCH3 is 1. The second-order valence-corrected chi connectivity index (χ2v) is 4.75. The molecule has 0 radical (unpaired) electrons. The van der Waals surface area contributed by atoms with Crippen LogP contribution in [0.4, 0.5) is 5.69 Å². The zero-order chi connectivity index (χ0) is 16.7. The first-order valence-electron chi connectivity index (χ1n) is 7.52. The molecule has 1 amide bonds. The molecule has 0 saturated carbocycles. The maximum absolute atomic E-state index is 12.5. The van der Waals surface area contributed by atoms with E-state index in [1.807, 2.05) is 26.0 Å². The molecule has 5 heteroatoms. The molecule has 2 aromatic carbocycles. The zero-order valence-corrected chi connectivity index (χ0v) is 13.6. The van der Waals surface area contributed by atoms with E-state index in [1.54, 1.807) is 37.4 Å². The van der Waals surface area contributed by atoms with Gasteiger partial charge in [-0.25, -0.2) is 0 Å². The largest absolute Gasteiger partial charge is 0.497 e. The van der Waals surface area contributed by atoms with Gasteiger partial charge in [0.1, 0.15) is 17.2 Å². The van der Waals surface area contributed by atoms with Gasteiger partial charge in [0.05, 0.1) is 20.3 Å². The highest BCUT2D eigenvalue weighted by Gasteiger charge is 2.11. The monoisotopic (exact) mass is 315 g/mol. The maximum atomic E-state index is 12.5. The number of benzene rings is 2. The molecule has 0 aromatic heterocycles. The Labute approximate surface area is 136 Å². The molecule has 0 saturated heterocycles. The Hall–Kier alpha value is -2.69. The molecule has 0 aliphatic carbocycles. The molecule has 2 aromatic rings. The van der Waals surface area contributed by atoms with Gasteiger partial charge in [0.25, 0.3) is 5.91 Å². The van der Waals surface area contributed by atoms with Crippen LogP contribution in [0.25, 0.3) is 0 Å². The second-order valence-electron chi connectivity index (χ2n) is 4.75. The molecule has 0 fully saturated rings. The third-order valence-electron chi connectivity index (χ3n) is 3.09. The van der Waals surface area contributed by atoms with Crippen molar-refractivity contribution in [1.29, 1.82) is 0 Å². The Morgan fingerprint density at radius 1 is 0.957 bits per heavy atom. The van der Waals surface area contributed by atoms with Gasteiger partial charge >= 0.3 is 0 Å². The highest BCUT2D eigenvalue weighted by atomic mass is 16.5. The fourth-order valence-corrected chi connectivity index (χ4v) is 2.11. The van der Waals surface area contributed by atoms with Gasteiger partial charge < -0.3 is 19.5 Å². The topological polar surface area (TPSA) is 56.8 Å². The summed E-state index contributed by atoms with van der Waals surface area (Å²) in [6, 6.07) is 12.4. The smallest absolute Gasteiger partial charge is 0.255 e. The van der Waals surface area contributed by atoms with Crippen LogP contribution in [-0.2, 0) is 0 Å². The van der Waals surface area contributed by atoms with Crippen LogP contribution in [0.1, 0.15) is 24.2 Å². The molecule has 122 valence electrons. The Kier molecular flexibility index (Phi) is 5.86. The van der Waals surface area contributed by atoms with Crippen molar-refractivity contribution in [2.75, 3.05) is 25.6 Å². The minimum atomic E-state index is -0.235. The van der Waals surface area contributed by atoms with Gasteiger partial charge in [-0.3, -0.25) is 4.79 Å². The van der Waals surface area contributed by atoms with Gasteiger partial charge in [0.15, 0.2) is 0 Å². The van der Waals surface area contributed by atoms with E-state index in [-0.39, 0.29) is 5.91 Å². The Morgan fingerprint density at radius 2 is 1.61 bits per heavy atom. The van der Waals surface area contributed by atoms with Gasteiger partial charge in [-0.05, 0) is 38.1 Å². The van der Waals surface area contributed by atoms with E-state index in [0.717, 1.165) is 0 Å². The lowest BCUT2D eigenvalue weighted by molar-refractivity contribution is 0.102. The van der Waals surface area contributed by atoms with E-state index in [0.29, 0.717) is 41.7 Å². The van der Waals surface area contributed by atoms with Crippen molar-refractivity contribution >= 4 is 11.6 Å². The van der Waals surface area contributed by atoms with Crippen LogP contribution in [0, 0.1) is 0 Å². The lowest BCUT2D eigenvalue weighted by Gasteiger charge is -2.11. The minimum Gasteiger partial charge on any atom is -0.497 e. The number of anilines is 1. The number of carbonyl (C=O) groups excluding carboxylic acids is 1. The first-order valence-corrected chi connectivity index (χ1v) is 7.52.